The van der Waals surface area contributed by atoms with Gasteiger partial charge in [0, 0.05) is 5.02 Å². The molecule has 1 rings (SSSR count). The van der Waals surface area contributed by atoms with Crippen LogP contribution in [0.15, 0.2) is 23.1 Å². The first kappa shape index (κ1) is 17.7. The van der Waals surface area contributed by atoms with Gasteiger partial charge in [0.1, 0.15) is 0 Å². The Kier molecular flexibility index (Phi) is 4.62. The van der Waals surface area contributed by atoms with E-state index < -0.39 is 32.6 Å². The van der Waals surface area contributed by atoms with E-state index >= 15 is 0 Å². The van der Waals surface area contributed by atoms with Crippen LogP contribution in [0.5, 0.6) is 0 Å². The monoisotopic (exact) mass is 345 g/mol. The van der Waals surface area contributed by atoms with Crippen LogP contribution < -0.4 is 4.72 Å². The molecule has 2 N–H and O–H groups in total. The second kappa shape index (κ2) is 5.47. The second-order valence-electron chi connectivity index (χ2n) is 4.40. The van der Waals surface area contributed by atoms with Crippen molar-refractivity contribution in [1.82, 2.24) is 4.72 Å². The van der Waals surface area contributed by atoms with Crippen LogP contribution in [0.2, 0.25) is 5.02 Å². The molecule has 10 heteroatoms. The molecule has 1 aromatic rings. The highest BCUT2D eigenvalue weighted by Gasteiger charge is 2.59. The summed E-state index contributed by atoms with van der Waals surface area (Å²) in [6.07, 6.45) is -5.32. The Balaban J connectivity index is 3.39. The third kappa shape index (κ3) is 3.30. The number of hydrogen-bond acceptors (Lipinski definition) is 3. The number of halogens is 4. The molecule has 118 valence electrons. The summed E-state index contributed by atoms with van der Waals surface area (Å²) in [6.45, 7) is 1.52. The molecule has 0 heterocycles. The minimum absolute atomic E-state index is 0.0154. The van der Waals surface area contributed by atoms with Crippen LogP contribution in [-0.2, 0) is 14.8 Å². The number of carbonyl (C=O) groups is 1. The summed E-state index contributed by atoms with van der Waals surface area (Å²) in [7, 11) is -4.73. The van der Waals surface area contributed by atoms with Gasteiger partial charge in [-0.3, -0.25) is 0 Å². The van der Waals surface area contributed by atoms with Crippen molar-refractivity contribution in [2.75, 3.05) is 0 Å². The number of carboxylic acids is 1. The molecule has 0 spiro atoms. The van der Waals surface area contributed by atoms with Crippen molar-refractivity contribution in [3.63, 3.8) is 0 Å². The van der Waals surface area contributed by atoms with Gasteiger partial charge in [0.05, 0.1) is 4.90 Å². The molecule has 0 aliphatic rings. The van der Waals surface area contributed by atoms with Crippen molar-refractivity contribution in [3.8, 4) is 0 Å². The van der Waals surface area contributed by atoms with Crippen LogP contribution in [0.4, 0.5) is 13.2 Å². The molecule has 5 nitrogen and oxygen atoms in total. The van der Waals surface area contributed by atoms with Gasteiger partial charge in [-0.2, -0.15) is 17.9 Å². The quantitative estimate of drug-likeness (QED) is 0.877. The number of hydrogen-bond donors (Lipinski definition) is 2. The maximum absolute atomic E-state index is 12.8. The van der Waals surface area contributed by atoms with Gasteiger partial charge in [0.2, 0.25) is 15.6 Å². The highest BCUT2D eigenvalue weighted by Crippen LogP contribution is 2.33. The van der Waals surface area contributed by atoms with Crippen molar-refractivity contribution < 1.29 is 31.5 Å². The predicted octanol–water partition coefficient (Wildman–Crippen LogP) is 2.33. The smallest absolute Gasteiger partial charge is 0.418 e. The topological polar surface area (TPSA) is 83.5 Å². The van der Waals surface area contributed by atoms with E-state index in [4.69, 9.17) is 16.7 Å². The standard InChI is InChI=1S/C11H11ClF3NO4S/c1-6-7(12)4-3-5-8(6)21(19,20)16-10(2,9(17)18)11(13,14)15/h3-5,16H,1-2H3,(H,17,18). The van der Waals surface area contributed by atoms with E-state index in [-0.39, 0.29) is 17.5 Å². The Labute approximate surface area is 123 Å². The SMILES string of the molecule is Cc1c(Cl)cccc1S(=O)(=O)NC(C)(C(=O)O)C(F)(F)F. The zero-order valence-electron chi connectivity index (χ0n) is 10.8. The number of alkyl halides is 3. The summed E-state index contributed by atoms with van der Waals surface area (Å²) in [5.41, 5.74) is -3.64. The number of carboxylic acid groups (broad SMARTS) is 1. The average Bonchev–Trinajstić information content (AvgIpc) is 2.30. The molecule has 0 fully saturated rings. The maximum Gasteiger partial charge on any atom is 0.418 e. The Hall–Kier alpha value is -1.32. The lowest BCUT2D eigenvalue weighted by atomic mass is 10.0. The largest absolute Gasteiger partial charge is 0.480 e. The van der Waals surface area contributed by atoms with Crippen LogP contribution in [0, 0.1) is 6.92 Å². The number of sulfonamides is 1. The minimum Gasteiger partial charge on any atom is -0.480 e. The van der Waals surface area contributed by atoms with E-state index in [0.29, 0.717) is 0 Å². The fourth-order valence-corrected chi connectivity index (χ4v) is 3.28. The zero-order chi connectivity index (χ0) is 16.6. The van der Waals surface area contributed by atoms with Crippen LogP contribution in [0.25, 0.3) is 0 Å². The molecule has 21 heavy (non-hydrogen) atoms. The van der Waals surface area contributed by atoms with E-state index in [2.05, 4.69) is 0 Å². The van der Waals surface area contributed by atoms with Gasteiger partial charge in [-0.1, -0.05) is 17.7 Å². The molecular formula is C11H11ClF3NO4S. The molecule has 1 unspecified atom stereocenters. The van der Waals surface area contributed by atoms with Crippen LogP contribution in [-0.4, -0.2) is 31.2 Å². The van der Waals surface area contributed by atoms with Gasteiger partial charge in [0.25, 0.3) is 0 Å². The lowest BCUT2D eigenvalue weighted by Gasteiger charge is -2.28. The Morgan fingerprint density at radius 3 is 2.29 bits per heavy atom. The number of aliphatic carboxylic acids is 1. The lowest BCUT2D eigenvalue weighted by molar-refractivity contribution is -0.201. The molecule has 1 atom stereocenters. The highest BCUT2D eigenvalue weighted by atomic mass is 35.5. The third-order valence-electron chi connectivity index (χ3n) is 2.84. The molecular weight excluding hydrogens is 335 g/mol. The predicted molar refractivity (Wildman–Crippen MR) is 68.6 cm³/mol. The van der Waals surface area contributed by atoms with Crippen molar-refractivity contribution in [2.45, 2.75) is 30.5 Å². The molecule has 0 aliphatic carbocycles. The Morgan fingerprint density at radius 1 is 1.33 bits per heavy atom. The zero-order valence-corrected chi connectivity index (χ0v) is 12.4. The molecule has 0 saturated carbocycles. The average molecular weight is 346 g/mol. The van der Waals surface area contributed by atoms with Gasteiger partial charge in [-0.05, 0) is 31.5 Å². The van der Waals surface area contributed by atoms with Crippen molar-refractivity contribution in [3.05, 3.63) is 28.8 Å². The molecule has 0 aromatic heterocycles. The third-order valence-corrected chi connectivity index (χ3v) is 4.95. The van der Waals surface area contributed by atoms with Crippen molar-refractivity contribution in [1.29, 1.82) is 0 Å². The Bertz CT molecular complexity index is 675. The summed E-state index contributed by atoms with van der Waals surface area (Å²) in [4.78, 5) is 10.3. The fourth-order valence-electron chi connectivity index (χ4n) is 1.43. The van der Waals surface area contributed by atoms with Crippen LogP contribution in [0.3, 0.4) is 0 Å². The summed E-state index contributed by atoms with van der Waals surface area (Å²) >= 11 is 5.71. The van der Waals surface area contributed by atoms with Gasteiger partial charge >= 0.3 is 12.1 Å². The number of rotatable bonds is 4. The van der Waals surface area contributed by atoms with E-state index in [1.54, 1.807) is 0 Å². The molecule has 0 aliphatic heterocycles. The molecule has 0 amide bonds. The van der Waals surface area contributed by atoms with Gasteiger partial charge in [-0.15, -0.1) is 0 Å². The van der Waals surface area contributed by atoms with Gasteiger partial charge in [-0.25, -0.2) is 13.2 Å². The first-order valence-electron chi connectivity index (χ1n) is 5.42. The van der Waals surface area contributed by atoms with Gasteiger partial charge < -0.3 is 5.11 Å². The van der Waals surface area contributed by atoms with Crippen LogP contribution >= 0.6 is 11.6 Å². The Morgan fingerprint density at radius 2 is 1.86 bits per heavy atom. The molecule has 0 bridgehead atoms. The van der Waals surface area contributed by atoms with Crippen LogP contribution in [0.1, 0.15) is 12.5 Å². The summed E-state index contributed by atoms with van der Waals surface area (Å²) in [5.74, 6) is -2.36. The first-order valence-corrected chi connectivity index (χ1v) is 7.28. The number of nitrogens with one attached hydrogen (secondary N) is 1. The van der Waals surface area contributed by atoms with E-state index in [9.17, 15) is 26.4 Å². The molecule has 1 aromatic carbocycles. The van der Waals surface area contributed by atoms with Crippen molar-refractivity contribution >= 4 is 27.6 Å². The summed E-state index contributed by atoms with van der Waals surface area (Å²) in [5, 5.41) is 8.76. The summed E-state index contributed by atoms with van der Waals surface area (Å²) in [6, 6.07) is 3.62. The lowest BCUT2D eigenvalue weighted by Crippen LogP contribution is -2.61. The van der Waals surface area contributed by atoms with E-state index in [1.165, 1.54) is 23.8 Å². The first-order chi connectivity index (χ1) is 9.33. The molecule has 0 radical (unpaired) electrons. The van der Waals surface area contributed by atoms with Gasteiger partial charge in [0.15, 0.2) is 0 Å². The van der Waals surface area contributed by atoms with E-state index in [0.717, 1.165) is 6.07 Å². The highest BCUT2D eigenvalue weighted by molar-refractivity contribution is 7.89. The normalized spacial score (nSPS) is 15.5. The van der Waals surface area contributed by atoms with E-state index in [1.807, 2.05) is 0 Å². The summed E-state index contributed by atoms with van der Waals surface area (Å²) < 4.78 is 63.8. The second-order valence-corrected chi connectivity index (χ2v) is 6.45. The minimum atomic E-state index is -5.32. The number of benzene rings is 1. The maximum atomic E-state index is 12.8. The fraction of sp³-hybridized carbons (Fsp3) is 0.364. The molecule has 0 saturated heterocycles. The van der Waals surface area contributed by atoms with Crippen molar-refractivity contribution in [2.24, 2.45) is 0 Å².